The molecule has 0 aliphatic heterocycles. The van der Waals surface area contributed by atoms with E-state index in [4.69, 9.17) is 15.1 Å². The van der Waals surface area contributed by atoms with Crippen LogP contribution in [-0.2, 0) is 6.61 Å². The van der Waals surface area contributed by atoms with E-state index in [-0.39, 0.29) is 17.0 Å². The molecule has 1 aromatic heterocycles. The second-order valence-electron chi connectivity index (χ2n) is 2.66. The van der Waals surface area contributed by atoms with E-state index in [1.807, 2.05) is 0 Å². The average Bonchev–Trinajstić information content (AvgIpc) is 2.26. The topological polar surface area (TPSA) is 66.1 Å². The van der Waals surface area contributed by atoms with Gasteiger partial charge in [-0.05, 0) is 6.07 Å². The van der Waals surface area contributed by atoms with Gasteiger partial charge in [-0.25, -0.2) is 13.8 Å². The number of nitrogens with zero attached hydrogens (tertiary/aromatic N) is 2. The Morgan fingerprint density at radius 3 is 2.73 bits per heavy atom. The summed E-state index contributed by atoms with van der Waals surface area (Å²) in [4.78, 5) is 3.48. The molecular formula is C9H8F2N2O2. The molecule has 0 bridgehead atoms. The molecule has 1 aromatic rings. The standard InChI is InChI=1S/C9H8F2N2O2/c1-15-9-6(4-14)2-5(3-12)7(13-9)8(10)11/h2,8,14H,4H2,1H3. The third kappa shape index (κ3) is 2.19. The first kappa shape index (κ1) is 11.3. The van der Waals surface area contributed by atoms with Crippen molar-refractivity contribution in [3.8, 4) is 11.9 Å². The van der Waals surface area contributed by atoms with E-state index in [1.54, 1.807) is 6.07 Å². The molecule has 0 saturated heterocycles. The summed E-state index contributed by atoms with van der Waals surface area (Å²) in [5, 5.41) is 17.5. The molecule has 0 aliphatic carbocycles. The Labute approximate surface area is 84.7 Å². The molecule has 0 unspecified atom stereocenters. The van der Waals surface area contributed by atoms with E-state index in [0.717, 1.165) is 6.07 Å². The molecule has 0 saturated carbocycles. The van der Waals surface area contributed by atoms with Crippen molar-refractivity contribution >= 4 is 0 Å². The van der Waals surface area contributed by atoms with E-state index in [9.17, 15) is 8.78 Å². The second kappa shape index (κ2) is 4.66. The van der Waals surface area contributed by atoms with Gasteiger partial charge in [0.15, 0.2) is 0 Å². The van der Waals surface area contributed by atoms with Gasteiger partial charge in [-0.2, -0.15) is 5.26 Å². The van der Waals surface area contributed by atoms with Crippen LogP contribution in [0, 0.1) is 11.3 Å². The molecule has 1 rings (SSSR count). The van der Waals surface area contributed by atoms with Gasteiger partial charge in [0.1, 0.15) is 11.8 Å². The maximum absolute atomic E-state index is 12.4. The molecule has 1 N–H and O–H groups in total. The van der Waals surface area contributed by atoms with Gasteiger partial charge in [0.2, 0.25) is 5.88 Å². The molecular weight excluding hydrogens is 206 g/mol. The number of halogens is 2. The lowest BCUT2D eigenvalue weighted by atomic mass is 10.1. The molecule has 1 heterocycles. The zero-order valence-electron chi connectivity index (χ0n) is 7.87. The van der Waals surface area contributed by atoms with Crippen molar-refractivity contribution < 1.29 is 18.6 Å². The summed E-state index contributed by atoms with van der Waals surface area (Å²) in [5.74, 6) is -0.0909. The lowest BCUT2D eigenvalue weighted by Crippen LogP contribution is -2.02. The average molecular weight is 214 g/mol. The highest BCUT2D eigenvalue weighted by Gasteiger charge is 2.18. The summed E-state index contributed by atoms with van der Waals surface area (Å²) in [6.45, 7) is -0.422. The smallest absolute Gasteiger partial charge is 0.281 e. The van der Waals surface area contributed by atoms with E-state index in [1.165, 1.54) is 7.11 Å². The molecule has 4 nitrogen and oxygen atoms in total. The quantitative estimate of drug-likeness (QED) is 0.825. The summed E-state index contributed by atoms with van der Waals surface area (Å²) in [6.07, 6.45) is -2.85. The molecule has 0 fully saturated rings. The van der Waals surface area contributed by atoms with Gasteiger partial charge in [-0.15, -0.1) is 0 Å². The number of aliphatic hydroxyl groups is 1. The Hall–Kier alpha value is -1.74. The number of hydrogen-bond donors (Lipinski definition) is 1. The van der Waals surface area contributed by atoms with Crippen LogP contribution in [0.15, 0.2) is 6.07 Å². The summed E-state index contributed by atoms with van der Waals surface area (Å²) in [7, 11) is 1.25. The van der Waals surface area contributed by atoms with Crippen LogP contribution in [0.5, 0.6) is 5.88 Å². The zero-order valence-corrected chi connectivity index (χ0v) is 7.87. The minimum absolute atomic E-state index is 0.0909. The molecule has 0 aromatic carbocycles. The lowest BCUT2D eigenvalue weighted by Gasteiger charge is -2.08. The van der Waals surface area contributed by atoms with Crippen molar-refractivity contribution in [3.63, 3.8) is 0 Å². The van der Waals surface area contributed by atoms with Gasteiger partial charge < -0.3 is 9.84 Å². The van der Waals surface area contributed by atoms with E-state index < -0.39 is 18.7 Å². The highest BCUT2D eigenvalue weighted by molar-refractivity contribution is 5.41. The van der Waals surface area contributed by atoms with Gasteiger partial charge in [0.25, 0.3) is 6.43 Å². The van der Waals surface area contributed by atoms with Crippen LogP contribution in [0.25, 0.3) is 0 Å². The van der Waals surface area contributed by atoms with Crippen molar-refractivity contribution in [2.45, 2.75) is 13.0 Å². The highest BCUT2D eigenvalue weighted by Crippen LogP contribution is 2.26. The Balaban J connectivity index is 3.36. The number of ether oxygens (including phenoxy) is 1. The van der Waals surface area contributed by atoms with Crippen LogP contribution in [0.2, 0.25) is 0 Å². The monoisotopic (exact) mass is 214 g/mol. The van der Waals surface area contributed by atoms with Gasteiger partial charge in [-0.3, -0.25) is 0 Å². The predicted molar refractivity (Wildman–Crippen MR) is 46.4 cm³/mol. The van der Waals surface area contributed by atoms with E-state index >= 15 is 0 Å². The highest BCUT2D eigenvalue weighted by atomic mass is 19.3. The maximum Gasteiger partial charge on any atom is 0.281 e. The molecule has 80 valence electrons. The molecule has 0 spiro atoms. The number of rotatable bonds is 3. The number of pyridine rings is 1. The first-order chi connectivity index (χ1) is 7.13. The number of aliphatic hydroxyl groups excluding tert-OH is 1. The summed E-state index contributed by atoms with van der Waals surface area (Å²) in [5.41, 5.74) is -0.681. The number of methoxy groups -OCH3 is 1. The van der Waals surface area contributed by atoms with Gasteiger partial charge >= 0.3 is 0 Å². The van der Waals surface area contributed by atoms with Crippen molar-refractivity contribution in [1.82, 2.24) is 4.98 Å². The fourth-order valence-electron chi connectivity index (χ4n) is 1.10. The predicted octanol–water partition coefficient (Wildman–Crippen LogP) is 1.39. The van der Waals surface area contributed by atoms with Gasteiger partial charge in [0.05, 0.1) is 19.3 Å². The fourth-order valence-corrected chi connectivity index (χ4v) is 1.10. The van der Waals surface area contributed by atoms with Crippen molar-refractivity contribution in [2.24, 2.45) is 0 Å². The lowest BCUT2D eigenvalue weighted by molar-refractivity contribution is 0.144. The summed E-state index contributed by atoms with van der Waals surface area (Å²) in [6, 6.07) is 2.74. The molecule has 6 heteroatoms. The normalized spacial score (nSPS) is 10.1. The van der Waals surface area contributed by atoms with Crippen LogP contribution < -0.4 is 4.74 Å². The maximum atomic E-state index is 12.4. The Morgan fingerprint density at radius 1 is 1.67 bits per heavy atom. The minimum Gasteiger partial charge on any atom is -0.481 e. The molecule has 0 amide bonds. The molecule has 0 radical (unpaired) electrons. The first-order valence-corrected chi connectivity index (χ1v) is 4.01. The fraction of sp³-hybridized carbons (Fsp3) is 0.333. The van der Waals surface area contributed by atoms with Crippen LogP contribution >= 0.6 is 0 Å². The number of nitriles is 1. The summed E-state index contributed by atoms with van der Waals surface area (Å²) >= 11 is 0. The van der Waals surface area contributed by atoms with Crippen molar-refractivity contribution in [3.05, 3.63) is 22.9 Å². The first-order valence-electron chi connectivity index (χ1n) is 4.01. The van der Waals surface area contributed by atoms with Crippen LogP contribution in [-0.4, -0.2) is 17.2 Å². The Morgan fingerprint density at radius 2 is 2.33 bits per heavy atom. The number of alkyl halides is 2. The number of hydrogen-bond acceptors (Lipinski definition) is 4. The number of aromatic nitrogens is 1. The van der Waals surface area contributed by atoms with E-state index in [0.29, 0.717) is 0 Å². The third-order valence-corrected chi connectivity index (χ3v) is 1.78. The molecule has 0 aliphatic rings. The molecule has 15 heavy (non-hydrogen) atoms. The second-order valence-corrected chi connectivity index (χ2v) is 2.66. The minimum atomic E-state index is -2.85. The Bertz CT molecular complexity index is 402. The van der Waals surface area contributed by atoms with Crippen molar-refractivity contribution in [1.29, 1.82) is 5.26 Å². The van der Waals surface area contributed by atoms with Crippen LogP contribution in [0.3, 0.4) is 0 Å². The zero-order chi connectivity index (χ0) is 11.4. The van der Waals surface area contributed by atoms with E-state index in [2.05, 4.69) is 4.98 Å². The SMILES string of the molecule is COc1nc(C(F)F)c(C#N)cc1CO. The van der Waals surface area contributed by atoms with Gasteiger partial charge in [-0.1, -0.05) is 0 Å². The third-order valence-electron chi connectivity index (χ3n) is 1.78. The van der Waals surface area contributed by atoms with Gasteiger partial charge in [0, 0.05) is 5.56 Å². The molecule has 0 atom stereocenters. The Kier molecular flexibility index (Phi) is 3.52. The van der Waals surface area contributed by atoms with Crippen LogP contribution in [0.1, 0.15) is 23.2 Å². The van der Waals surface area contributed by atoms with Crippen molar-refractivity contribution in [2.75, 3.05) is 7.11 Å². The summed E-state index contributed by atoms with van der Waals surface area (Å²) < 4.78 is 29.6. The largest absolute Gasteiger partial charge is 0.481 e. The van der Waals surface area contributed by atoms with Crippen LogP contribution in [0.4, 0.5) is 8.78 Å².